The van der Waals surface area contributed by atoms with Crippen LogP contribution in [0.5, 0.6) is 0 Å². The molecule has 1 unspecified atom stereocenters. The van der Waals surface area contributed by atoms with E-state index in [1.807, 2.05) is 6.07 Å². The van der Waals surface area contributed by atoms with E-state index in [9.17, 15) is 14.3 Å². The topological polar surface area (TPSA) is 75.1 Å². The lowest BCUT2D eigenvalue weighted by atomic mass is 9.93. The van der Waals surface area contributed by atoms with E-state index < -0.39 is 0 Å². The van der Waals surface area contributed by atoms with E-state index in [0.29, 0.717) is 25.7 Å². The maximum Gasteiger partial charge on any atom is 0.138 e. The standard InChI is InChI=1S/C26H26FN3O2S2/c27-18-6-4-16(5-7-18)17(15-31)2-1-3-19(32)12-23-25(20-8-10-29-14-24(20)33-23)26-30-21-13-28-11-9-22(21)34-26/h4-7,9,11,13,17,29,31H,1-3,8,10,12,14-15H2. The van der Waals surface area contributed by atoms with E-state index in [0.717, 1.165) is 50.7 Å². The van der Waals surface area contributed by atoms with Gasteiger partial charge in [-0.2, -0.15) is 0 Å². The number of ketones is 1. The van der Waals surface area contributed by atoms with Gasteiger partial charge in [-0.15, -0.1) is 22.7 Å². The molecule has 3 aromatic heterocycles. The number of nitrogens with zero attached hydrogens (tertiary/aromatic N) is 2. The summed E-state index contributed by atoms with van der Waals surface area (Å²) in [5.74, 6) is -0.170. The SMILES string of the molecule is O=C(CCCC(CO)c1ccc(F)cc1)Cc1sc2c(c1-c1nc3cnccc3s1)CCNC2. The van der Waals surface area contributed by atoms with Crippen molar-refractivity contribution in [1.82, 2.24) is 15.3 Å². The lowest BCUT2D eigenvalue weighted by Gasteiger charge is -2.14. The van der Waals surface area contributed by atoms with Gasteiger partial charge in [0, 0.05) is 53.4 Å². The molecule has 176 valence electrons. The molecule has 0 saturated carbocycles. The molecule has 0 aliphatic carbocycles. The second kappa shape index (κ2) is 10.4. The normalized spacial score (nSPS) is 14.3. The summed E-state index contributed by atoms with van der Waals surface area (Å²) in [5, 5.41) is 14.2. The van der Waals surface area contributed by atoms with Crippen molar-refractivity contribution >= 4 is 38.7 Å². The van der Waals surface area contributed by atoms with Crippen molar-refractivity contribution < 1.29 is 14.3 Å². The number of thiophene rings is 1. The predicted molar refractivity (Wildman–Crippen MR) is 135 cm³/mol. The first-order valence-electron chi connectivity index (χ1n) is 11.6. The van der Waals surface area contributed by atoms with Gasteiger partial charge < -0.3 is 10.4 Å². The van der Waals surface area contributed by atoms with E-state index in [-0.39, 0.29) is 24.1 Å². The third-order valence-electron chi connectivity index (χ3n) is 6.33. The lowest BCUT2D eigenvalue weighted by Crippen LogP contribution is -2.22. The molecule has 1 aromatic carbocycles. The number of hydrogen-bond acceptors (Lipinski definition) is 7. The maximum atomic E-state index is 13.2. The average molecular weight is 496 g/mol. The Kier molecular flexibility index (Phi) is 7.10. The van der Waals surface area contributed by atoms with Crippen LogP contribution in [0.3, 0.4) is 0 Å². The Balaban J connectivity index is 1.30. The molecule has 0 amide bonds. The molecule has 1 atom stereocenters. The van der Waals surface area contributed by atoms with Crippen molar-refractivity contribution in [3.63, 3.8) is 0 Å². The van der Waals surface area contributed by atoms with Gasteiger partial charge in [0.15, 0.2) is 0 Å². The van der Waals surface area contributed by atoms with Crippen LogP contribution in [0.15, 0.2) is 42.7 Å². The molecule has 1 aliphatic heterocycles. The molecule has 34 heavy (non-hydrogen) atoms. The fourth-order valence-corrected chi connectivity index (χ4v) is 7.01. The number of benzene rings is 1. The number of pyridine rings is 1. The average Bonchev–Trinajstić information content (AvgIpc) is 3.43. The number of thiazole rings is 1. The van der Waals surface area contributed by atoms with Crippen molar-refractivity contribution in [2.45, 2.75) is 44.6 Å². The predicted octanol–water partition coefficient (Wildman–Crippen LogP) is 5.26. The summed E-state index contributed by atoms with van der Waals surface area (Å²) >= 11 is 3.39. The molecule has 0 spiro atoms. The number of rotatable bonds is 9. The molecule has 0 radical (unpaired) electrons. The van der Waals surface area contributed by atoms with Gasteiger partial charge in [0.05, 0.1) is 10.9 Å². The summed E-state index contributed by atoms with van der Waals surface area (Å²) in [6.07, 6.45) is 6.77. The van der Waals surface area contributed by atoms with Crippen molar-refractivity contribution in [1.29, 1.82) is 0 Å². The summed E-state index contributed by atoms with van der Waals surface area (Å²) in [4.78, 5) is 24.4. The quantitative estimate of drug-likeness (QED) is 0.331. The first-order valence-corrected chi connectivity index (χ1v) is 13.2. The molecule has 4 aromatic rings. The fraction of sp³-hybridized carbons (Fsp3) is 0.346. The molecular formula is C26H26FN3O2S2. The molecule has 0 bridgehead atoms. The van der Waals surface area contributed by atoms with Gasteiger partial charge in [0.2, 0.25) is 0 Å². The van der Waals surface area contributed by atoms with Crippen LogP contribution >= 0.6 is 22.7 Å². The number of aliphatic hydroxyl groups excluding tert-OH is 1. The number of Topliss-reactive ketones (excluding diaryl/α,β-unsaturated/α-hetero) is 1. The number of aliphatic hydroxyl groups is 1. The Labute approximate surface area is 205 Å². The molecule has 4 heterocycles. The zero-order chi connectivity index (χ0) is 23.5. The van der Waals surface area contributed by atoms with Gasteiger partial charge in [-0.05, 0) is 55.1 Å². The van der Waals surface area contributed by atoms with Crippen LogP contribution in [0.25, 0.3) is 20.8 Å². The number of halogens is 1. The highest BCUT2D eigenvalue weighted by Gasteiger charge is 2.25. The smallest absolute Gasteiger partial charge is 0.138 e. The van der Waals surface area contributed by atoms with Gasteiger partial charge >= 0.3 is 0 Å². The Morgan fingerprint density at radius 2 is 2.06 bits per heavy atom. The minimum Gasteiger partial charge on any atom is -0.396 e. The molecule has 2 N–H and O–H groups in total. The van der Waals surface area contributed by atoms with Crippen LogP contribution in [-0.4, -0.2) is 34.0 Å². The van der Waals surface area contributed by atoms with Gasteiger partial charge in [0.25, 0.3) is 0 Å². The van der Waals surface area contributed by atoms with Crippen LogP contribution in [0.4, 0.5) is 4.39 Å². The fourth-order valence-electron chi connectivity index (χ4n) is 4.56. The number of aromatic nitrogens is 2. The second-order valence-electron chi connectivity index (χ2n) is 8.63. The number of carbonyl (C=O) groups is 1. The van der Waals surface area contributed by atoms with Crippen LogP contribution < -0.4 is 5.32 Å². The minimum absolute atomic E-state index is 0.0128. The molecule has 0 saturated heterocycles. The van der Waals surface area contributed by atoms with Crippen LogP contribution in [0.2, 0.25) is 0 Å². The summed E-state index contributed by atoms with van der Waals surface area (Å²) < 4.78 is 14.3. The Morgan fingerprint density at radius 1 is 1.21 bits per heavy atom. The van der Waals surface area contributed by atoms with Gasteiger partial charge in [-0.1, -0.05) is 12.1 Å². The van der Waals surface area contributed by atoms with Crippen LogP contribution in [0, 0.1) is 5.82 Å². The first-order chi connectivity index (χ1) is 16.6. The van der Waals surface area contributed by atoms with E-state index in [2.05, 4.69) is 10.3 Å². The monoisotopic (exact) mass is 495 g/mol. The van der Waals surface area contributed by atoms with Gasteiger partial charge in [-0.25, -0.2) is 9.37 Å². The van der Waals surface area contributed by atoms with Gasteiger partial charge in [0.1, 0.15) is 22.1 Å². The van der Waals surface area contributed by atoms with Crippen molar-refractivity contribution in [2.24, 2.45) is 0 Å². The third-order valence-corrected chi connectivity index (χ3v) is 8.62. The highest BCUT2D eigenvalue weighted by atomic mass is 32.1. The number of carbonyl (C=O) groups excluding carboxylic acids is 1. The van der Waals surface area contributed by atoms with Crippen molar-refractivity contribution in [3.05, 3.63) is 69.4 Å². The maximum absolute atomic E-state index is 13.2. The largest absolute Gasteiger partial charge is 0.396 e. The summed E-state index contributed by atoms with van der Waals surface area (Å²) in [7, 11) is 0. The Hall–Kier alpha value is -2.52. The summed E-state index contributed by atoms with van der Waals surface area (Å²) in [6, 6.07) is 8.23. The molecule has 1 aliphatic rings. The molecule has 8 heteroatoms. The highest BCUT2D eigenvalue weighted by molar-refractivity contribution is 7.22. The number of hydrogen-bond donors (Lipinski definition) is 2. The zero-order valence-corrected chi connectivity index (χ0v) is 20.4. The summed E-state index contributed by atoms with van der Waals surface area (Å²) in [5.41, 5.74) is 4.28. The number of fused-ring (bicyclic) bond motifs is 2. The molecule has 5 nitrogen and oxygen atoms in total. The van der Waals surface area contributed by atoms with Crippen LogP contribution in [-0.2, 0) is 24.2 Å². The zero-order valence-electron chi connectivity index (χ0n) is 18.7. The Morgan fingerprint density at radius 3 is 2.85 bits per heavy atom. The van der Waals surface area contributed by atoms with E-state index in [4.69, 9.17) is 4.98 Å². The third kappa shape index (κ3) is 4.95. The molecule has 5 rings (SSSR count). The summed E-state index contributed by atoms with van der Waals surface area (Å²) in [6.45, 7) is 1.76. The lowest BCUT2D eigenvalue weighted by molar-refractivity contribution is -0.118. The van der Waals surface area contributed by atoms with Crippen LogP contribution in [0.1, 0.15) is 46.1 Å². The van der Waals surface area contributed by atoms with Crippen molar-refractivity contribution in [3.8, 4) is 10.6 Å². The van der Waals surface area contributed by atoms with E-state index >= 15 is 0 Å². The van der Waals surface area contributed by atoms with Crippen molar-refractivity contribution in [2.75, 3.05) is 13.2 Å². The highest BCUT2D eigenvalue weighted by Crippen LogP contribution is 2.42. The van der Waals surface area contributed by atoms with Gasteiger partial charge in [-0.3, -0.25) is 9.78 Å². The first kappa shape index (κ1) is 23.2. The second-order valence-corrected chi connectivity index (χ2v) is 10.9. The number of nitrogens with one attached hydrogen (secondary N) is 1. The van der Waals surface area contributed by atoms with E-state index in [1.165, 1.54) is 22.6 Å². The Bertz CT molecular complexity index is 1270. The molecular weight excluding hydrogens is 469 g/mol. The van der Waals surface area contributed by atoms with E-state index in [1.54, 1.807) is 47.2 Å². The minimum atomic E-state index is -0.287. The molecule has 0 fully saturated rings.